The highest BCUT2D eigenvalue weighted by Crippen LogP contribution is 2.26. The number of amides is 2. The third-order valence-electron chi connectivity index (χ3n) is 7.51. The molecule has 0 saturated carbocycles. The smallest absolute Gasteiger partial charge is 0.230 e. The molecule has 1 aromatic heterocycles. The van der Waals surface area contributed by atoms with Crippen LogP contribution in [0.4, 0.5) is 5.69 Å². The van der Waals surface area contributed by atoms with E-state index in [2.05, 4.69) is 22.0 Å². The van der Waals surface area contributed by atoms with Gasteiger partial charge in [0, 0.05) is 55.6 Å². The van der Waals surface area contributed by atoms with Crippen LogP contribution in [0.1, 0.15) is 44.6 Å². The van der Waals surface area contributed by atoms with Crippen LogP contribution in [0.15, 0.2) is 48.8 Å². The summed E-state index contributed by atoms with van der Waals surface area (Å²) in [4.78, 5) is 35.6. The average Bonchev–Trinajstić information content (AvgIpc) is 2.88. The van der Waals surface area contributed by atoms with Gasteiger partial charge in [0.2, 0.25) is 11.8 Å². The molecule has 0 N–H and O–H groups in total. The number of likely N-dealkylation sites (tertiary alicyclic amines) is 2. The molecule has 4 rings (SSSR count). The minimum Gasteiger partial charge on any atom is -0.343 e. The Kier molecular flexibility index (Phi) is 9.16. The minimum atomic E-state index is -0.0477. The van der Waals surface area contributed by atoms with Crippen molar-refractivity contribution in [1.82, 2.24) is 14.8 Å². The highest BCUT2D eigenvalue weighted by Gasteiger charge is 2.30. The Labute approximate surface area is 214 Å². The van der Waals surface area contributed by atoms with Gasteiger partial charge in [-0.1, -0.05) is 17.7 Å². The molecule has 35 heavy (non-hydrogen) atoms. The fraction of sp³-hybridized carbons (Fsp3) is 0.536. The van der Waals surface area contributed by atoms with Gasteiger partial charge in [-0.15, -0.1) is 0 Å². The molecule has 2 aliphatic rings. The highest BCUT2D eigenvalue weighted by molar-refractivity contribution is 6.30. The molecule has 3 heterocycles. The van der Waals surface area contributed by atoms with Gasteiger partial charge in [-0.2, -0.15) is 0 Å². The van der Waals surface area contributed by atoms with Crippen LogP contribution in [0.5, 0.6) is 0 Å². The van der Waals surface area contributed by atoms with Gasteiger partial charge in [0.15, 0.2) is 0 Å². The summed E-state index contributed by atoms with van der Waals surface area (Å²) in [5, 5.41) is 0.642. The average molecular weight is 497 g/mol. The molecule has 2 aromatic rings. The summed E-state index contributed by atoms with van der Waals surface area (Å²) < 4.78 is 0. The van der Waals surface area contributed by atoms with E-state index < -0.39 is 0 Å². The van der Waals surface area contributed by atoms with E-state index in [1.54, 1.807) is 6.92 Å². The first-order valence-corrected chi connectivity index (χ1v) is 13.3. The molecule has 6 nitrogen and oxygen atoms in total. The van der Waals surface area contributed by atoms with E-state index in [9.17, 15) is 9.59 Å². The van der Waals surface area contributed by atoms with Crippen molar-refractivity contribution in [3.8, 4) is 0 Å². The molecule has 0 aliphatic carbocycles. The number of hydrogen-bond donors (Lipinski definition) is 0. The van der Waals surface area contributed by atoms with E-state index >= 15 is 0 Å². The molecule has 2 saturated heterocycles. The van der Waals surface area contributed by atoms with Gasteiger partial charge in [-0.25, -0.2) is 0 Å². The van der Waals surface area contributed by atoms with Gasteiger partial charge < -0.3 is 14.7 Å². The van der Waals surface area contributed by atoms with Crippen LogP contribution in [-0.2, 0) is 16.0 Å². The van der Waals surface area contributed by atoms with Crippen LogP contribution in [0.2, 0.25) is 5.02 Å². The molecule has 2 amide bonds. The SMILES string of the molecule is CC(=O)N1CCC(C(=O)N(CCCN2CCC(Cc3ccncc3)CC2)c2cccc(Cl)c2)CC1. The maximum absolute atomic E-state index is 13.5. The summed E-state index contributed by atoms with van der Waals surface area (Å²) >= 11 is 6.27. The second kappa shape index (κ2) is 12.5. The van der Waals surface area contributed by atoms with Crippen molar-refractivity contribution in [1.29, 1.82) is 0 Å². The molecular weight excluding hydrogens is 460 g/mol. The van der Waals surface area contributed by atoms with Crippen molar-refractivity contribution in [3.63, 3.8) is 0 Å². The van der Waals surface area contributed by atoms with E-state index in [0.717, 1.165) is 56.9 Å². The number of pyridine rings is 1. The van der Waals surface area contributed by atoms with Crippen LogP contribution in [0.3, 0.4) is 0 Å². The van der Waals surface area contributed by atoms with Crippen molar-refractivity contribution in [2.45, 2.75) is 45.4 Å². The van der Waals surface area contributed by atoms with Gasteiger partial charge in [-0.3, -0.25) is 14.6 Å². The number of hydrogen-bond acceptors (Lipinski definition) is 4. The zero-order valence-corrected chi connectivity index (χ0v) is 21.5. The molecule has 0 bridgehead atoms. The molecule has 0 spiro atoms. The van der Waals surface area contributed by atoms with Crippen molar-refractivity contribution >= 4 is 29.1 Å². The topological polar surface area (TPSA) is 56.8 Å². The fourth-order valence-electron chi connectivity index (χ4n) is 5.39. The molecule has 1 aromatic carbocycles. The van der Waals surface area contributed by atoms with Crippen LogP contribution >= 0.6 is 11.6 Å². The van der Waals surface area contributed by atoms with E-state index in [0.29, 0.717) is 24.7 Å². The van der Waals surface area contributed by atoms with Crippen molar-refractivity contribution in [2.24, 2.45) is 11.8 Å². The maximum Gasteiger partial charge on any atom is 0.230 e. The zero-order chi connectivity index (χ0) is 24.6. The molecule has 2 aliphatic heterocycles. The number of anilines is 1. The molecular formula is C28H37ClN4O2. The third-order valence-corrected chi connectivity index (χ3v) is 7.75. The fourth-order valence-corrected chi connectivity index (χ4v) is 5.58. The number of benzene rings is 1. The molecule has 2 fully saturated rings. The lowest BCUT2D eigenvalue weighted by Crippen LogP contribution is -2.45. The Morgan fingerprint density at radius 2 is 1.74 bits per heavy atom. The van der Waals surface area contributed by atoms with Gasteiger partial charge >= 0.3 is 0 Å². The third kappa shape index (κ3) is 7.28. The molecule has 0 atom stereocenters. The second-order valence-electron chi connectivity index (χ2n) is 9.95. The van der Waals surface area contributed by atoms with E-state index in [4.69, 9.17) is 11.6 Å². The zero-order valence-electron chi connectivity index (χ0n) is 20.7. The number of aromatic nitrogens is 1. The summed E-state index contributed by atoms with van der Waals surface area (Å²) in [5.74, 6) is 0.936. The number of piperidine rings is 2. The molecule has 7 heteroatoms. The van der Waals surface area contributed by atoms with Crippen LogP contribution in [-0.4, -0.2) is 65.9 Å². The lowest BCUT2D eigenvalue weighted by molar-refractivity contribution is -0.133. The highest BCUT2D eigenvalue weighted by atomic mass is 35.5. The number of carbonyl (C=O) groups excluding carboxylic acids is 2. The van der Waals surface area contributed by atoms with Gasteiger partial charge in [0.1, 0.15) is 0 Å². The second-order valence-corrected chi connectivity index (χ2v) is 10.4. The monoisotopic (exact) mass is 496 g/mol. The van der Waals surface area contributed by atoms with Crippen LogP contribution in [0.25, 0.3) is 0 Å². The van der Waals surface area contributed by atoms with Crippen molar-refractivity contribution < 1.29 is 9.59 Å². The predicted octanol–water partition coefficient (Wildman–Crippen LogP) is 4.67. The molecule has 0 radical (unpaired) electrons. The minimum absolute atomic E-state index is 0.0477. The Morgan fingerprint density at radius 3 is 2.40 bits per heavy atom. The standard InChI is InChI=1S/C28H37ClN4O2/c1-22(34)32-18-10-25(11-19-32)28(35)33(27-5-2-4-26(29)21-27)15-3-14-31-16-8-24(9-17-31)20-23-6-12-30-13-7-23/h2,4-7,12-13,21,24-25H,3,8-11,14-20H2,1H3. The van der Waals surface area contributed by atoms with Gasteiger partial charge in [-0.05, 0) is 100.0 Å². The first-order chi connectivity index (χ1) is 17.0. The number of carbonyl (C=O) groups is 2. The first-order valence-electron chi connectivity index (χ1n) is 12.9. The van der Waals surface area contributed by atoms with Crippen molar-refractivity contribution in [3.05, 3.63) is 59.4 Å². The number of rotatable bonds is 8. The first kappa shape index (κ1) is 25.6. The van der Waals surface area contributed by atoms with Gasteiger partial charge in [0.05, 0.1) is 0 Å². The summed E-state index contributed by atoms with van der Waals surface area (Å²) in [5.41, 5.74) is 2.25. The normalized spacial score (nSPS) is 17.9. The molecule has 0 unspecified atom stereocenters. The summed E-state index contributed by atoms with van der Waals surface area (Å²) in [7, 11) is 0. The summed E-state index contributed by atoms with van der Waals surface area (Å²) in [6, 6.07) is 11.8. The van der Waals surface area contributed by atoms with E-state index in [-0.39, 0.29) is 17.7 Å². The Balaban J connectivity index is 1.29. The lowest BCUT2D eigenvalue weighted by atomic mass is 9.90. The summed E-state index contributed by atoms with van der Waals surface area (Å²) in [6.07, 6.45) is 9.70. The van der Waals surface area contributed by atoms with E-state index in [1.165, 1.54) is 18.4 Å². The molecule has 188 valence electrons. The predicted molar refractivity (Wildman–Crippen MR) is 141 cm³/mol. The Hall–Kier alpha value is -2.44. The van der Waals surface area contributed by atoms with Crippen LogP contribution in [0, 0.1) is 11.8 Å². The lowest BCUT2D eigenvalue weighted by Gasteiger charge is -2.35. The van der Waals surface area contributed by atoms with Gasteiger partial charge in [0.25, 0.3) is 0 Å². The quantitative estimate of drug-likeness (QED) is 0.533. The van der Waals surface area contributed by atoms with E-state index in [1.807, 2.05) is 46.5 Å². The Bertz CT molecular complexity index is 970. The summed E-state index contributed by atoms with van der Waals surface area (Å²) in [6.45, 7) is 6.82. The van der Waals surface area contributed by atoms with Crippen molar-refractivity contribution in [2.75, 3.05) is 44.2 Å². The largest absolute Gasteiger partial charge is 0.343 e. The number of halogens is 1. The maximum atomic E-state index is 13.5. The number of nitrogens with zero attached hydrogens (tertiary/aromatic N) is 4. The van der Waals surface area contributed by atoms with Crippen LogP contribution < -0.4 is 4.90 Å². The Morgan fingerprint density at radius 1 is 1.03 bits per heavy atom.